The van der Waals surface area contributed by atoms with E-state index in [4.69, 9.17) is 4.74 Å². The second-order valence-electron chi connectivity index (χ2n) is 9.97. The number of rotatable bonds is 6. The third kappa shape index (κ3) is 4.06. The number of Topliss-reactive ketones (excluding diaryl/α,β-unsaturated/α-hetero) is 1. The van der Waals surface area contributed by atoms with Crippen LogP contribution in [0.1, 0.15) is 73.1 Å². The van der Waals surface area contributed by atoms with E-state index in [-0.39, 0.29) is 22.5 Å². The summed E-state index contributed by atoms with van der Waals surface area (Å²) in [5.74, 6) is -0.150. The number of carbonyl (C=O) groups excluding carboxylic acids is 2. The molecule has 0 aromatic carbocycles. The van der Waals surface area contributed by atoms with Crippen LogP contribution < -0.4 is 0 Å². The van der Waals surface area contributed by atoms with Crippen molar-refractivity contribution in [1.29, 1.82) is 0 Å². The van der Waals surface area contributed by atoms with Gasteiger partial charge in [0.05, 0.1) is 6.10 Å². The Bertz CT molecular complexity index is 616. The van der Waals surface area contributed by atoms with Crippen molar-refractivity contribution in [3.8, 4) is 0 Å². The summed E-state index contributed by atoms with van der Waals surface area (Å²) in [4.78, 5) is 23.8. The molecule has 0 heterocycles. The van der Waals surface area contributed by atoms with Crippen LogP contribution in [0.15, 0.2) is 12.7 Å². The number of aliphatic hydroxyl groups excluding tert-OH is 2. The Balaban J connectivity index is 2.57. The van der Waals surface area contributed by atoms with Crippen LogP contribution in [-0.2, 0) is 14.3 Å². The number of ketones is 1. The van der Waals surface area contributed by atoms with E-state index in [1.54, 1.807) is 13.0 Å². The minimum Gasteiger partial charge on any atom is -0.460 e. The van der Waals surface area contributed by atoms with Crippen molar-refractivity contribution in [2.45, 2.75) is 85.4 Å². The minimum absolute atomic E-state index is 0.00355. The van der Waals surface area contributed by atoms with Crippen LogP contribution >= 0.6 is 0 Å². The van der Waals surface area contributed by atoms with E-state index in [9.17, 15) is 19.8 Å². The Morgan fingerprint density at radius 2 is 1.93 bits per heavy atom. The van der Waals surface area contributed by atoms with Gasteiger partial charge in [-0.1, -0.05) is 33.8 Å². The summed E-state index contributed by atoms with van der Waals surface area (Å²) in [5.41, 5.74) is -1.11. The summed E-state index contributed by atoms with van der Waals surface area (Å²) >= 11 is 0. The second kappa shape index (κ2) is 8.27. The Morgan fingerprint density at radius 3 is 2.46 bits per heavy atom. The molecule has 5 heteroatoms. The lowest BCUT2D eigenvalue weighted by Crippen LogP contribution is -2.58. The fourth-order valence-electron chi connectivity index (χ4n) is 5.78. The van der Waals surface area contributed by atoms with Gasteiger partial charge in [0.2, 0.25) is 0 Å². The molecule has 2 saturated carbocycles. The van der Waals surface area contributed by atoms with E-state index in [1.165, 1.54) is 0 Å². The average molecular weight is 395 g/mol. The Labute approximate surface area is 169 Å². The predicted molar refractivity (Wildman–Crippen MR) is 109 cm³/mol. The van der Waals surface area contributed by atoms with Crippen LogP contribution in [-0.4, -0.2) is 40.8 Å². The summed E-state index contributed by atoms with van der Waals surface area (Å²) < 4.78 is 5.77. The highest BCUT2D eigenvalue weighted by atomic mass is 16.6. The molecular weight excluding hydrogens is 356 g/mol. The van der Waals surface area contributed by atoms with Crippen LogP contribution in [0.5, 0.6) is 0 Å². The first-order chi connectivity index (χ1) is 12.9. The topological polar surface area (TPSA) is 83.8 Å². The zero-order chi connectivity index (χ0) is 21.3. The predicted octanol–water partition coefficient (Wildman–Crippen LogP) is 3.67. The number of aliphatic hydroxyl groups is 2. The zero-order valence-corrected chi connectivity index (χ0v) is 18.2. The lowest BCUT2D eigenvalue weighted by Gasteiger charge is -2.60. The average Bonchev–Trinajstić information content (AvgIpc) is 2.66. The summed E-state index contributed by atoms with van der Waals surface area (Å²) in [6, 6.07) is 0. The number of esters is 1. The van der Waals surface area contributed by atoms with Gasteiger partial charge >= 0.3 is 5.97 Å². The molecule has 0 amide bonds. The first kappa shape index (κ1) is 23.1. The fraction of sp³-hybridized carbons (Fsp3) is 0.826. The monoisotopic (exact) mass is 394 g/mol. The number of ether oxygens (including phenoxy) is 1. The van der Waals surface area contributed by atoms with Crippen molar-refractivity contribution in [2.75, 3.05) is 6.61 Å². The molecule has 2 aliphatic rings. The van der Waals surface area contributed by atoms with Crippen molar-refractivity contribution in [1.82, 2.24) is 0 Å². The third-order valence-electron chi connectivity index (χ3n) is 8.25. The van der Waals surface area contributed by atoms with Gasteiger partial charge in [-0.25, -0.2) is 4.79 Å². The fourth-order valence-corrected chi connectivity index (χ4v) is 5.78. The highest BCUT2D eigenvalue weighted by Gasteiger charge is 2.58. The van der Waals surface area contributed by atoms with Gasteiger partial charge in [0.1, 0.15) is 18.5 Å². The summed E-state index contributed by atoms with van der Waals surface area (Å²) in [6.07, 6.45) is 5.11. The lowest BCUT2D eigenvalue weighted by molar-refractivity contribution is -0.191. The van der Waals surface area contributed by atoms with Crippen molar-refractivity contribution in [3.63, 3.8) is 0 Å². The quantitative estimate of drug-likeness (QED) is 0.530. The van der Waals surface area contributed by atoms with E-state index in [0.717, 1.165) is 25.7 Å². The molecule has 2 rings (SSSR count). The van der Waals surface area contributed by atoms with Gasteiger partial charge in [-0.15, -0.1) is 6.58 Å². The molecular formula is C23H38O5. The van der Waals surface area contributed by atoms with Crippen LogP contribution in [0.25, 0.3) is 0 Å². The molecule has 7 atom stereocenters. The van der Waals surface area contributed by atoms with Crippen molar-refractivity contribution < 1.29 is 24.5 Å². The molecule has 160 valence electrons. The van der Waals surface area contributed by atoms with Gasteiger partial charge < -0.3 is 19.7 Å². The molecule has 5 nitrogen and oxygen atoms in total. The summed E-state index contributed by atoms with van der Waals surface area (Å²) in [7, 11) is 0. The molecule has 0 aliphatic heterocycles. The smallest absolute Gasteiger partial charge is 0.332 e. The molecule has 2 bridgehead atoms. The minimum atomic E-state index is -0.653. The van der Waals surface area contributed by atoms with Gasteiger partial charge in [0.15, 0.2) is 0 Å². The van der Waals surface area contributed by atoms with Gasteiger partial charge in [-0.05, 0) is 56.3 Å². The maximum atomic E-state index is 12.0. The van der Waals surface area contributed by atoms with Gasteiger partial charge in [0, 0.05) is 17.3 Å². The van der Waals surface area contributed by atoms with E-state index < -0.39 is 30.2 Å². The van der Waals surface area contributed by atoms with Crippen molar-refractivity contribution in [3.05, 3.63) is 12.7 Å². The summed E-state index contributed by atoms with van der Waals surface area (Å²) in [5, 5.41) is 20.6. The van der Waals surface area contributed by atoms with E-state index in [2.05, 4.69) is 27.4 Å². The maximum absolute atomic E-state index is 12.0. The molecule has 0 radical (unpaired) electrons. The molecule has 0 aromatic heterocycles. The zero-order valence-electron chi connectivity index (χ0n) is 18.2. The molecule has 2 aliphatic carbocycles. The first-order valence-electron chi connectivity index (χ1n) is 10.6. The van der Waals surface area contributed by atoms with Gasteiger partial charge in [-0.3, -0.25) is 0 Å². The molecule has 2 N–H and O–H groups in total. The Hall–Kier alpha value is -1.20. The standard InChI is InChI=1S/C23H38O5/c1-7-21(5)12-18(28-19(26)13-24)22(6)14-23(10-8-15(22)2,11-9-16(3)25)17(4)20(21)27/h7,15,17-18,20,24,27H,1,8-14H2,2-6H3/t15-,17+,18-,20+,21-,22+,23-/m1/s1. The highest BCUT2D eigenvalue weighted by Crippen LogP contribution is 2.62. The number of hydrogen-bond acceptors (Lipinski definition) is 5. The van der Waals surface area contributed by atoms with Crippen molar-refractivity contribution >= 4 is 11.8 Å². The molecule has 0 unspecified atom stereocenters. The normalized spacial score (nSPS) is 43.5. The Morgan fingerprint density at radius 1 is 1.29 bits per heavy atom. The largest absolute Gasteiger partial charge is 0.460 e. The van der Waals surface area contributed by atoms with E-state index >= 15 is 0 Å². The summed E-state index contributed by atoms with van der Waals surface area (Å²) in [6.45, 7) is 13.4. The molecule has 2 fully saturated rings. The van der Waals surface area contributed by atoms with Crippen LogP contribution in [0.2, 0.25) is 0 Å². The van der Waals surface area contributed by atoms with Gasteiger partial charge in [0.25, 0.3) is 0 Å². The molecule has 0 saturated heterocycles. The third-order valence-corrected chi connectivity index (χ3v) is 8.25. The SMILES string of the molecule is C=C[C@]1(C)C[C@@H](OC(=O)CO)[C@@]2(C)C[C@](CCC(C)=O)(CC[C@H]2C)[C@@H](C)[C@@H]1O. The molecule has 0 aromatic rings. The lowest BCUT2D eigenvalue weighted by atomic mass is 9.47. The maximum Gasteiger partial charge on any atom is 0.332 e. The van der Waals surface area contributed by atoms with Crippen LogP contribution in [0.3, 0.4) is 0 Å². The van der Waals surface area contributed by atoms with Gasteiger partial charge in [-0.2, -0.15) is 0 Å². The van der Waals surface area contributed by atoms with E-state index in [1.807, 2.05) is 6.92 Å². The Kier molecular flexibility index (Phi) is 6.82. The number of hydrogen-bond donors (Lipinski definition) is 2. The second-order valence-corrected chi connectivity index (χ2v) is 9.97. The van der Waals surface area contributed by atoms with Crippen LogP contribution in [0.4, 0.5) is 0 Å². The van der Waals surface area contributed by atoms with Crippen LogP contribution in [0, 0.1) is 28.1 Å². The molecule has 28 heavy (non-hydrogen) atoms. The van der Waals surface area contributed by atoms with E-state index in [0.29, 0.717) is 18.8 Å². The highest BCUT2D eigenvalue weighted by molar-refractivity contribution is 5.75. The molecule has 0 spiro atoms. The first-order valence-corrected chi connectivity index (χ1v) is 10.6. The number of fused-ring (bicyclic) bond motifs is 2. The number of carbonyl (C=O) groups is 2. The van der Waals surface area contributed by atoms with Crippen molar-refractivity contribution in [2.24, 2.45) is 28.1 Å².